The molecule has 2 aromatic rings. The average Bonchev–Trinajstić information content (AvgIpc) is 2.54. The van der Waals surface area contributed by atoms with E-state index < -0.39 is 0 Å². The molecule has 0 aliphatic heterocycles. The molecule has 0 bridgehead atoms. The van der Waals surface area contributed by atoms with Gasteiger partial charge in [0, 0.05) is 11.4 Å². The fourth-order valence-electron chi connectivity index (χ4n) is 3.82. The SMILES string of the molecule is CCC1CCCC(C(N)c2cc(C)c3ccccc3n2)C1. The van der Waals surface area contributed by atoms with E-state index in [2.05, 4.69) is 44.2 Å². The quantitative estimate of drug-likeness (QED) is 0.881. The summed E-state index contributed by atoms with van der Waals surface area (Å²) in [6, 6.07) is 10.6. The highest BCUT2D eigenvalue weighted by molar-refractivity contribution is 5.82. The van der Waals surface area contributed by atoms with Gasteiger partial charge in [-0.2, -0.15) is 0 Å². The zero-order valence-corrected chi connectivity index (χ0v) is 13.2. The van der Waals surface area contributed by atoms with Crippen LogP contribution in [0.1, 0.15) is 56.3 Å². The highest BCUT2D eigenvalue weighted by Crippen LogP contribution is 2.37. The summed E-state index contributed by atoms with van der Waals surface area (Å²) in [6.07, 6.45) is 6.51. The minimum Gasteiger partial charge on any atom is -0.322 e. The van der Waals surface area contributed by atoms with Gasteiger partial charge in [0.25, 0.3) is 0 Å². The smallest absolute Gasteiger partial charge is 0.0708 e. The number of hydrogen-bond acceptors (Lipinski definition) is 2. The maximum absolute atomic E-state index is 6.58. The first-order valence-corrected chi connectivity index (χ1v) is 8.31. The maximum atomic E-state index is 6.58. The summed E-state index contributed by atoms with van der Waals surface area (Å²) in [5.74, 6) is 1.45. The summed E-state index contributed by atoms with van der Waals surface area (Å²) in [7, 11) is 0. The molecule has 1 saturated carbocycles. The molecular formula is C19H26N2. The van der Waals surface area contributed by atoms with Crippen LogP contribution in [0.5, 0.6) is 0 Å². The van der Waals surface area contributed by atoms with Crippen molar-refractivity contribution >= 4 is 10.9 Å². The zero-order valence-electron chi connectivity index (χ0n) is 13.2. The van der Waals surface area contributed by atoms with Gasteiger partial charge >= 0.3 is 0 Å². The highest BCUT2D eigenvalue weighted by Gasteiger charge is 2.27. The Labute approximate surface area is 127 Å². The van der Waals surface area contributed by atoms with Gasteiger partial charge in [-0.1, -0.05) is 44.4 Å². The monoisotopic (exact) mass is 282 g/mol. The Hall–Kier alpha value is -1.41. The van der Waals surface area contributed by atoms with E-state index in [-0.39, 0.29) is 6.04 Å². The standard InChI is InChI=1S/C19H26N2/c1-3-14-7-6-8-15(12-14)19(20)18-11-13(2)16-9-4-5-10-17(16)21-18/h4-5,9-11,14-15,19H,3,6-8,12,20H2,1-2H3. The molecule has 21 heavy (non-hydrogen) atoms. The predicted octanol–water partition coefficient (Wildman–Crippen LogP) is 4.76. The van der Waals surface area contributed by atoms with Crippen LogP contribution >= 0.6 is 0 Å². The van der Waals surface area contributed by atoms with Gasteiger partial charge in [0.1, 0.15) is 0 Å². The van der Waals surface area contributed by atoms with Gasteiger partial charge in [-0.3, -0.25) is 4.98 Å². The van der Waals surface area contributed by atoms with Gasteiger partial charge in [-0.15, -0.1) is 0 Å². The van der Waals surface area contributed by atoms with Gasteiger partial charge in [0.05, 0.1) is 11.2 Å². The molecule has 0 amide bonds. The molecule has 2 nitrogen and oxygen atoms in total. The lowest BCUT2D eigenvalue weighted by Gasteiger charge is -2.32. The number of pyridine rings is 1. The number of benzene rings is 1. The molecule has 1 heterocycles. The Balaban J connectivity index is 1.89. The van der Waals surface area contributed by atoms with Crippen molar-refractivity contribution in [2.45, 2.75) is 52.0 Å². The molecule has 1 fully saturated rings. The predicted molar refractivity (Wildman–Crippen MR) is 89.1 cm³/mol. The minimum absolute atomic E-state index is 0.0858. The third-order valence-corrected chi connectivity index (χ3v) is 5.19. The molecule has 0 spiro atoms. The molecule has 2 heteroatoms. The maximum Gasteiger partial charge on any atom is 0.0708 e. The second-order valence-corrected chi connectivity index (χ2v) is 6.61. The van der Waals surface area contributed by atoms with E-state index >= 15 is 0 Å². The van der Waals surface area contributed by atoms with Crippen LogP contribution in [0.2, 0.25) is 0 Å². The summed E-state index contributed by atoms with van der Waals surface area (Å²) in [5, 5.41) is 1.24. The van der Waals surface area contributed by atoms with Gasteiger partial charge in [-0.05, 0) is 49.3 Å². The molecule has 1 aromatic carbocycles. The molecule has 1 aliphatic rings. The minimum atomic E-state index is 0.0858. The van der Waals surface area contributed by atoms with Crippen molar-refractivity contribution in [3.63, 3.8) is 0 Å². The van der Waals surface area contributed by atoms with Crippen LogP contribution in [0.3, 0.4) is 0 Å². The molecule has 0 saturated heterocycles. The van der Waals surface area contributed by atoms with Gasteiger partial charge in [-0.25, -0.2) is 0 Å². The number of fused-ring (bicyclic) bond motifs is 1. The number of rotatable bonds is 3. The van der Waals surface area contributed by atoms with Crippen molar-refractivity contribution in [2.24, 2.45) is 17.6 Å². The number of hydrogen-bond donors (Lipinski definition) is 1. The van der Waals surface area contributed by atoms with Crippen molar-refractivity contribution in [1.82, 2.24) is 4.98 Å². The summed E-state index contributed by atoms with van der Waals surface area (Å²) in [5.41, 5.74) is 10.0. The van der Waals surface area contributed by atoms with Crippen LogP contribution < -0.4 is 5.73 Å². The Morgan fingerprint density at radius 3 is 2.90 bits per heavy atom. The number of aromatic nitrogens is 1. The topological polar surface area (TPSA) is 38.9 Å². The Kier molecular flexibility index (Phi) is 4.25. The molecule has 1 aliphatic carbocycles. The van der Waals surface area contributed by atoms with Gasteiger partial charge in [0.2, 0.25) is 0 Å². The molecule has 2 N–H and O–H groups in total. The third-order valence-electron chi connectivity index (χ3n) is 5.19. The average molecular weight is 282 g/mol. The number of nitrogens with zero attached hydrogens (tertiary/aromatic N) is 1. The van der Waals surface area contributed by atoms with E-state index in [0.29, 0.717) is 5.92 Å². The Morgan fingerprint density at radius 2 is 2.10 bits per heavy atom. The second kappa shape index (κ2) is 6.15. The number of para-hydroxylation sites is 1. The molecule has 3 atom stereocenters. The fraction of sp³-hybridized carbons (Fsp3) is 0.526. The van der Waals surface area contributed by atoms with Crippen molar-refractivity contribution < 1.29 is 0 Å². The van der Waals surface area contributed by atoms with E-state index in [1.165, 1.54) is 43.1 Å². The van der Waals surface area contributed by atoms with Crippen molar-refractivity contribution in [1.29, 1.82) is 0 Å². The van der Waals surface area contributed by atoms with Gasteiger partial charge in [0.15, 0.2) is 0 Å². The molecule has 3 rings (SSSR count). The van der Waals surface area contributed by atoms with Crippen molar-refractivity contribution in [3.8, 4) is 0 Å². The lowest BCUT2D eigenvalue weighted by molar-refractivity contribution is 0.228. The fourth-order valence-corrected chi connectivity index (χ4v) is 3.82. The van der Waals surface area contributed by atoms with Crippen molar-refractivity contribution in [2.75, 3.05) is 0 Å². The highest BCUT2D eigenvalue weighted by atomic mass is 14.8. The largest absolute Gasteiger partial charge is 0.322 e. The summed E-state index contributed by atoms with van der Waals surface area (Å²) < 4.78 is 0. The van der Waals surface area contributed by atoms with Gasteiger partial charge < -0.3 is 5.73 Å². The number of aryl methyl sites for hydroxylation is 1. The Morgan fingerprint density at radius 1 is 1.29 bits per heavy atom. The lowest BCUT2D eigenvalue weighted by atomic mass is 9.76. The summed E-state index contributed by atoms with van der Waals surface area (Å²) in [4.78, 5) is 4.84. The van der Waals surface area contributed by atoms with Crippen LogP contribution in [-0.4, -0.2) is 4.98 Å². The third kappa shape index (κ3) is 2.96. The van der Waals surface area contributed by atoms with E-state index in [1.54, 1.807) is 0 Å². The first-order chi connectivity index (χ1) is 10.2. The summed E-state index contributed by atoms with van der Waals surface area (Å²) >= 11 is 0. The first kappa shape index (κ1) is 14.5. The van der Waals surface area contributed by atoms with E-state index in [9.17, 15) is 0 Å². The number of nitrogens with two attached hydrogens (primary N) is 1. The molecular weight excluding hydrogens is 256 g/mol. The normalized spacial score (nSPS) is 24.1. The molecule has 1 aromatic heterocycles. The van der Waals surface area contributed by atoms with E-state index in [0.717, 1.165) is 17.1 Å². The van der Waals surface area contributed by atoms with Crippen molar-refractivity contribution in [3.05, 3.63) is 41.6 Å². The second-order valence-electron chi connectivity index (χ2n) is 6.61. The van der Waals surface area contributed by atoms with Crippen LogP contribution in [0.25, 0.3) is 10.9 Å². The summed E-state index contributed by atoms with van der Waals surface area (Å²) in [6.45, 7) is 4.47. The zero-order chi connectivity index (χ0) is 14.8. The van der Waals surface area contributed by atoms with Crippen LogP contribution in [-0.2, 0) is 0 Å². The van der Waals surface area contributed by atoms with E-state index in [1.807, 2.05) is 0 Å². The van der Waals surface area contributed by atoms with E-state index in [4.69, 9.17) is 10.7 Å². The first-order valence-electron chi connectivity index (χ1n) is 8.31. The molecule has 3 unspecified atom stereocenters. The lowest BCUT2D eigenvalue weighted by Crippen LogP contribution is -2.27. The molecule has 0 radical (unpaired) electrons. The molecule has 112 valence electrons. The van der Waals surface area contributed by atoms with Crippen LogP contribution in [0, 0.1) is 18.8 Å². The van der Waals surface area contributed by atoms with Crippen LogP contribution in [0.15, 0.2) is 30.3 Å². The van der Waals surface area contributed by atoms with Crippen LogP contribution in [0.4, 0.5) is 0 Å². The Bertz CT molecular complexity index is 620.